The maximum Gasteiger partial charge on any atom is 0.269 e. The minimum Gasteiger partial charge on any atom is -0.508 e. The molecule has 0 aliphatic rings. The Morgan fingerprint density at radius 3 is 2.58 bits per heavy atom. The fourth-order valence-corrected chi connectivity index (χ4v) is 3.32. The molecule has 1 aromatic carbocycles. The first-order valence-corrected chi connectivity index (χ1v) is 8.26. The van der Waals surface area contributed by atoms with E-state index in [1.54, 1.807) is 32.1 Å². The zero-order chi connectivity index (χ0) is 17.7. The highest BCUT2D eigenvalue weighted by atomic mass is 32.1. The molecule has 6 nitrogen and oxygen atoms in total. The maximum absolute atomic E-state index is 12.5. The molecule has 2 rings (SSSR count). The minimum atomic E-state index is -0.486. The van der Waals surface area contributed by atoms with Gasteiger partial charge in [-0.3, -0.25) is 14.2 Å². The monoisotopic (exact) mass is 343 g/mol. The lowest BCUT2D eigenvalue weighted by Gasteiger charge is -2.00. The van der Waals surface area contributed by atoms with E-state index in [0.717, 1.165) is 16.9 Å². The van der Waals surface area contributed by atoms with E-state index in [-0.39, 0.29) is 16.9 Å². The van der Waals surface area contributed by atoms with Crippen LogP contribution in [0, 0.1) is 11.3 Å². The van der Waals surface area contributed by atoms with Crippen LogP contribution in [0.2, 0.25) is 0 Å². The van der Waals surface area contributed by atoms with E-state index in [9.17, 15) is 20.0 Å². The van der Waals surface area contributed by atoms with Crippen molar-refractivity contribution in [3.63, 3.8) is 0 Å². The van der Waals surface area contributed by atoms with Crippen molar-refractivity contribution in [1.29, 1.82) is 5.26 Å². The molecule has 2 N–H and O–H groups in total. The first-order valence-electron chi connectivity index (χ1n) is 7.44. The van der Waals surface area contributed by atoms with Gasteiger partial charge in [0, 0.05) is 13.1 Å². The summed E-state index contributed by atoms with van der Waals surface area (Å²) in [4.78, 5) is 24.6. The van der Waals surface area contributed by atoms with Gasteiger partial charge in [0.1, 0.15) is 16.5 Å². The summed E-state index contributed by atoms with van der Waals surface area (Å²) in [7, 11) is 0. The molecule has 24 heavy (non-hydrogen) atoms. The SMILES string of the molecule is CCNC(=O)C(C#N)=c1sc(=Cc2ccc(O)cc2)c(=O)n1CC. The molecule has 0 atom stereocenters. The second-order valence-electron chi connectivity index (χ2n) is 4.90. The van der Waals surface area contributed by atoms with Gasteiger partial charge >= 0.3 is 0 Å². The third kappa shape index (κ3) is 3.55. The lowest BCUT2D eigenvalue weighted by Crippen LogP contribution is -2.34. The third-order valence-electron chi connectivity index (χ3n) is 3.30. The topological polar surface area (TPSA) is 95.1 Å². The van der Waals surface area contributed by atoms with Crippen LogP contribution in [0.25, 0.3) is 11.6 Å². The maximum atomic E-state index is 12.5. The van der Waals surface area contributed by atoms with Crippen LogP contribution >= 0.6 is 11.3 Å². The molecule has 0 fully saturated rings. The predicted octanol–water partition coefficient (Wildman–Crippen LogP) is 0.274. The number of hydrogen-bond acceptors (Lipinski definition) is 5. The van der Waals surface area contributed by atoms with E-state index < -0.39 is 5.91 Å². The molecule has 1 aromatic heterocycles. The van der Waals surface area contributed by atoms with Crippen molar-refractivity contribution in [2.45, 2.75) is 20.4 Å². The van der Waals surface area contributed by atoms with Gasteiger partial charge in [0.2, 0.25) is 0 Å². The molecule has 7 heteroatoms. The molecule has 1 heterocycles. The molecule has 0 spiro atoms. The summed E-state index contributed by atoms with van der Waals surface area (Å²) in [5.74, 6) is -0.346. The smallest absolute Gasteiger partial charge is 0.269 e. The van der Waals surface area contributed by atoms with Crippen LogP contribution in [-0.4, -0.2) is 22.1 Å². The van der Waals surface area contributed by atoms with E-state index in [1.807, 2.05) is 6.07 Å². The quantitative estimate of drug-likeness (QED) is 0.833. The van der Waals surface area contributed by atoms with Gasteiger partial charge in [0.15, 0.2) is 5.57 Å². The molecule has 1 amide bonds. The first-order chi connectivity index (χ1) is 11.5. The van der Waals surface area contributed by atoms with Gasteiger partial charge in [-0.25, -0.2) is 0 Å². The highest BCUT2D eigenvalue weighted by molar-refractivity contribution is 7.07. The lowest BCUT2D eigenvalue weighted by atomic mass is 10.2. The summed E-state index contributed by atoms with van der Waals surface area (Å²) in [6.45, 7) is 4.31. The molecule has 0 saturated heterocycles. The number of benzene rings is 1. The van der Waals surface area contributed by atoms with Gasteiger partial charge in [0.25, 0.3) is 11.5 Å². The number of hydrogen-bond donors (Lipinski definition) is 2. The summed E-state index contributed by atoms with van der Waals surface area (Å²) in [5.41, 5.74) is 0.436. The second-order valence-corrected chi connectivity index (χ2v) is 5.93. The summed E-state index contributed by atoms with van der Waals surface area (Å²) < 4.78 is 2.20. The fourth-order valence-electron chi connectivity index (χ4n) is 2.16. The van der Waals surface area contributed by atoms with Crippen molar-refractivity contribution in [2.24, 2.45) is 0 Å². The summed E-state index contributed by atoms with van der Waals surface area (Å²) >= 11 is 1.11. The standard InChI is InChI=1S/C17H17N3O3S/c1-3-19-15(22)13(10-18)17-20(4-2)16(23)14(24-17)9-11-5-7-12(21)8-6-11/h5-9,21H,3-4H2,1-2H3,(H,19,22). The van der Waals surface area contributed by atoms with Crippen molar-refractivity contribution in [3.8, 4) is 11.8 Å². The Morgan fingerprint density at radius 2 is 2.04 bits per heavy atom. The Kier molecular flexibility index (Phi) is 5.55. The van der Waals surface area contributed by atoms with Crippen molar-refractivity contribution < 1.29 is 9.90 Å². The van der Waals surface area contributed by atoms with Crippen molar-refractivity contribution in [2.75, 3.05) is 6.54 Å². The molecular formula is C17H17N3O3S. The molecular weight excluding hydrogens is 326 g/mol. The zero-order valence-corrected chi connectivity index (χ0v) is 14.2. The van der Waals surface area contributed by atoms with Crippen LogP contribution in [0.15, 0.2) is 29.1 Å². The van der Waals surface area contributed by atoms with E-state index in [0.29, 0.717) is 22.3 Å². The molecule has 0 aliphatic carbocycles. The zero-order valence-electron chi connectivity index (χ0n) is 13.4. The van der Waals surface area contributed by atoms with Crippen LogP contribution < -0.4 is 20.1 Å². The Bertz CT molecular complexity index is 962. The van der Waals surface area contributed by atoms with Crippen LogP contribution in [0.5, 0.6) is 5.75 Å². The van der Waals surface area contributed by atoms with Crippen molar-refractivity contribution in [1.82, 2.24) is 9.88 Å². The normalized spacial score (nSPS) is 12.6. The summed E-state index contributed by atoms with van der Waals surface area (Å²) in [6, 6.07) is 8.32. The average Bonchev–Trinajstić information content (AvgIpc) is 2.86. The molecule has 2 aromatic rings. The number of rotatable bonds is 4. The lowest BCUT2D eigenvalue weighted by molar-refractivity contribution is -0.115. The summed E-state index contributed by atoms with van der Waals surface area (Å²) in [6.07, 6.45) is 1.68. The van der Waals surface area contributed by atoms with E-state index in [2.05, 4.69) is 5.32 Å². The molecule has 0 aliphatic heterocycles. The number of nitrogens with one attached hydrogen (secondary N) is 1. The van der Waals surface area contributed by atoms with Crippen LogP contribution in [0.1, 0.15) is 19.4 Å². The molecule has 124 valence electrons. The first kappa shape index (κ1) is 17.5. The van der Waals surface area contributed by atoms with Gasteiger partial charge in [0.05, 0.1) is 4.53 Å². The van der Waals surface area contributed by atoms with E-state index in [1.165, 1.54) is 16.7 Å². The van der Waals surface area contributed by atoms with Crippen LogP contribution in [-0.2, 0) is 11.3 Å². The highest BCUT2D eigenvalue weighted by Gasteiger charge is 2.14. The second kappa shape index (κ2) is 7.62. The number of aromatic nitrogens is 1. The highest BCUT2D eigenvalue weighted by Crippen LogP contribution is 2.09. The Morgan fingerprint density at radius 1 is 1.38 bits per heavy atom. The van der Waals surface area contributed by atoms with Gasteiger partial charge in [-0.1, -0.05) is 12.1 Å². The molecule has 0 radical (unpaired) electrons. The number of nitrogens with zero attached hydrogens (tertiary/aromatic N) is 2. The number of thiazole rings is 1. The number of aromatic hydroxyl groups is 1. The average molecular weight is 343 g/mol. The summed E-state index contributed by atoms with van der Waals surface area (Å²) in [5, 5.41) is 21.2. The van der Waals surface area contributed by atoms with Gasteiger partial charge in [-0.15, -0.1) is 11.3 Å². The van der Waals surface area contributed by atoms with Crippen molar-refractivity contribution in [3.05, 3.63) is 49.4 Å². The van der Waals surface area contributed by atoms with Gasteiger partial charge in [-0.2, -0.15) is 5.26 Å². The Balaban J connectivity index is 2.73. The van der Waals surface area contributed by atoms with E-state index in [4.69, 9.17) is 0 Å². The minimum absolute atomic E-state index is 0.0637. The van der Waals surface area contributed by atoms with Gasteiger partial charge < -0.3 is 10.4 Å². The molecule has 0 unspecified atom stereocenters. The predicted molar refractivity (Wildman–Crippen MR) is 92.9 cm³/mol. The van der Waals surface area contributed by atoms with Crippen LogP contribution in [0.4, 0.5) is 0 Å². The number of nitriles is 1. The van der Waals surface area contributed by atoms with Crippen molar-refractivity contribution >= 4 is 28.9 Å². The number of carbonyl (C=O) groups is 1. The molecule has 0 saturated carbocycles. The fraction of sp³-hybridized carbons (Fsp3) is 0.235. The number of phenolic OH excluding ortho intramolecular Hbond substituents is 1. The number of phenols is 1. The van der Waals surface area contributed by atoms with E-state index >= 15 is 0 Å². The Labute approximate surface area is 142 Å². The number of amides is 1. The van der Waals surface area contributed by atoms with Gasteiger partial charge in [-0.05, 0) is 37.6 Å². The molecule has 0 bridgehead atoms. The van der Waals surface area contributed by atoms with Crippen LogP contribution in [0.3, 0.4) is 0 Å². The Hall–Kier alpha value is -2.85. The largest absolute Gasteiger partial charge is 0.508 e. The third-order valence-corrected chi connectivity index (χ3v) is 4.44. The number of carbonyl (C=O) groups excluding carboxylic acids is 1.